The number of halogens is 3. The van der Waals surface area contributed by atoms with Gasteiger partial charge in [-0.2, -0.15) is 0 Å². The average Bonchev–Trinajstić information content (AvgIpc) is 2.20. The Labute approximate surface area is 97.3 Å². The van der Waals surface area contributed by atoms with Crippen molar-refractivity contribution in [2.75, 3.05) is 0 Å². The van der Waals surface area contributed by atoms with Crippen LogP contribution in [-0.4, -0.2) is 0 Å². The van der Waals surface area contributed by atoms with Crippen LogP contribution in [0.2, 0.25) is 10.0 Å². The van der Waals surface area contributed by atoms with Crippen LogP contribution in [0.4, 0.5) is 4.39 Å². The molecule has 2 aromatic rings. The second-order valence-electron chi connectivity index (χ2n) is 3.04. The van der Waals surface area contributed by atoms with Crippen molar-refractivity contribution in [3.05, 3.63) is 58.3 Å². The molecule has 0 aliphatic heterocycles. The van der Waals surface area contributed by atoms with Gasteiger partial charge in [0.05, 0.1) is 5.02 Å². The average molecular weight is 240 g/mol. The van der Waals surface area contributed by atoms with Crippen LogP contribution in [0.5, 0.6) is 0 Å². The third-order valence-electron chi connectivity index (χ3n) is 2.02. The summed E-state index contributed by atoms with van der Waals surface area (Å²) in [5.41, 5.74) is 1.63. The molecule has 0 saturated heterocycles. The van der Waals surface area contributed by atoms with Gasteiger partial charge in [0.2, 0.25) is 0 Å². The fourth-order valence-electron chi connectivity index (χ4n) is 1.30. The Morgan fingerprint density at radius 1 is 0.933 bits per heavy atom. The number of hydrogen-bond donors (Lipinski definition) is 0. The minimum Gasteiger partial charge on any atom is -0.206 e. The lowest BCUT2D eigenvalue weighted by Gasteiger charge is -2.03. The van der Waals surface area contributed by atoms with Crippen molar-refractivity contribution in [1.82, 2.24) is 0 Å². The van der Waals surface area contributed by atoms with Crippen molar-refractivity contribution in [1.29, 1.82) is 0 Å². The standard InChI is InChI=1S/C12H6Cl2F/c13-9-3-1-8(2-4-9)11-6-5-10(15)7-12(11)14/h1-6H. The summed E-state index contributed by atoms with van der Waals surface area (Å²) >= 11 is 11.6. The lowest BCUT2D eigenvalue weighted by atomic mass is 10.1. The minimum atomic E-state index is -0.460. The highest BCUT2D eigenvalue weighted by molar-refractivity contribution is 6.33. The molecule has 2 rings (SSSR count). The van der Waals surface area contributed by atoms with Crippen LogP contribution >= 0.6 is 23.2 Å². The molecule has 0 aromatic heterocycles. The van der Waals surface area contributed by atoms with E-state index in [0.717, 1.165) is 11.1 Å². The Hall–Kier alpha value is -1.05. The fourth-order valence-corrected chi connectivity index (χ4v) is 1.68. The highest BCUT2D eigenvalue weighted by Gasteiger charge is 2.04. The van der Waals surface area contributed by atoms with E-state index in [4.69, 9.17) is 23.2 Å². The van der Waals surface area contributed by atoms with E-state index in [2.05, 4.69) is 6.07 Å². The molecule has 0 saturated carbocycles. The SMILES string of the molecule is Fc1[c]c(Cl)c(-c2ccc(Cl)cc2)cc1. The van der Waals surface area contributed by atoms with E-state index in [0.29, 0.717) is 5.02 Å². The van der Waals surface area contributed by atoms with Crippen LogP contribution in [0.25, 0.3) is 11.1 Å². The molecule has 0 nitrogen and oxygen atoms in total. The van der Waals surface area contributed by atoms with Gasteiger partial charge in [-0.15, -0.1) is 0 Å². The maximum atomic E-state index is 12.8. The molecule has 0 amide bonds. The van der Waals surface area contributed by atoms with Crippen LogP contribution < -0.4 is 0 Å². The van der Waals surface area contributed by atoms with Gasteiger partial charge in [0.25, 0.3) is 0 Å². The Morgan fingerprint density at radius 2 is 1.60 bits per heavy atom. The molecule has 75 valence electrons. The van der Waals surface area contributed by atoms with E-state index in [1.54, 1.807) is 18.2 Å². The zero-order chi connectivity index (χ0) is 10.8. The van der Waals surface area contributed by atoms with Crippen molar-refractivity contribution < 1.29 is 4.39 Å². The van der Waals surface area contributed by atoms with Gasteiger partial charge in [-0.25, -0.2) is 4.39 Å². The summed E-state index contributed by atoms with van der Waals surface area (Å²) in [6.45, 7) is 0. The zero-order valence-corrected chi connectivity index (χ0v) is 9.11. The first-order chi connectivity index (χ1) is 7.16. The van der Waals surface area contributed by atoms with Crippen molar-refractivity contribution in [3.63, 3.8) is 0 Å². The lowest BCUT2D eigenvalue weighted by Crippen LogP contribution is -1.81. The molecule has 0 N–H and O–H groups in total. The van der Waals surface area contributed by atoms with E-state index in [-0.39, 0.29) is 5.02 Å². The van der Waals surface area contributed by atoms with Crippen LogP contribution in [0, 0.1) is 11.9 Å². The summed E-state index contributed by atoms with van der Waals surface area (Å²) in [4.78, 5) is 0. The van der Waals surface area contributed by atoms with Gasteiger partial charge in [0, 0.05) is 16.7 Å². The molecule has 0 bridgehead atoms. The smallest absolute Gasteiger partial charge is 0.132 e. The van der Waals surface area contributed by atoms with E-state index >= 15 is 0 Å². The minimum absolute atomic E-state index is 0.275. The van der Waals surface area contributed by atoms with Gasteiger partial charge in [0.15, 0.2) is 0 Å². The maximum absolute atomic E-state index is 12.8. The molecular formula is C12H6Cl2F. The molecular weight excluding hydrogens is 234 g/mol. The van der Waals surface area contributed by atoms with Gasteiger partial charge in [-0.3, -0.25) is 0 Å². The summed E-state index contributed by atoms with van der Waals surface area (Å²) in [6, 6.07) is 12.5. The molecule has 0 fully saturated rings. The Balaban J connectivity index is 2.49. The quantitative estimate of drug-likeness (QED) is 0.683. The van der Waals surface area contributed by atoms with Crippen LogP contribution in [0.3, 0.4) is 0 Å². The predicted octanol–water partition coefficient (Wildman–Crippen LogP) is 4.60. The molecule has 0 atom stereocenters. The summed E-state index contributed by atoms with van der Waals surface area (Å²) in [6.07, 6.45) is 0. The largest absolute Gasteiger partial charge is 0.206 e. The third kappa shape index (κ3) is 2.31. The monoisotopic (exact) mass is 239 g/mol. The van der Waals surface area contributed by atoms with Gasteiger partial charge >= 0.3 is 0 Å². The molecule has 0 heterocycles. The Bertz CT molecular complexity index is 477. The highest BCUT2D eigenvalue weighted by atomic mass is 35.5. The highest BCUT2D eigenvalue weighted by Crippen LogP contribution is 2.28. The molecule has 0 aliphatic carbocycles. The van der Waals surface area contributed by atoms with Crippen molar-refractivity contribution >= 4 is 23.2 Å². The van der Waals surface area contributed by atoms with Crippen molar-refractivity contribution in [2.45, 2.75) is 0 Å². The molecule has 0 aliphatic rings. The van der Waals surface area contributed by atoms with E-state index < -0.39 is 5.82 Å². The molecule has 1 radical (unpaired) electrons. The van der Waals surface area contributed by atoms with Gasteiger partial charge < -0.3 is 0 Å². The molecule has 15 heavy (non-hydrogen) atoms. The maximum Gasteiger partial charge on any atom is 0.132 e. The summed E-state index contributed by atoms with van der Waals surface area (Å²) < 4.78 is 12.8. The topological polar surface area (TPSA) is 0 Å². The molecule has 0 spiro atoms. The summed E-state index contributed by atoms with van der Waals surface area (Å²) in [5, 5.41) is 0.929. The number of hydrogen-bond acceptors (Lipinski definition) is 0. The van der Waals surface area contributed by atoms with Crippen LogP contribution in [-0.2, 0) is 0 Å². The van der Waals surface area contributed by atoms with Crippen LogP contribution in [0.1, 0.15) is 0 Å². The van der Waals surface area contributed by atoms with Gasteiger partial charge in [0.1, 0.15) is 5.82 Å². The fraction of sp³-hybridized carbons (Fsp3) is 0. The second-order valence-corrected chi connectivity index (χ2v) is 3.86. The first-order valence-corrected chi connectivity index (χ1v) is 5.05. The lowest BCUT2D eigenvalue weighted by molar-refractivity contribution is 0.626. The summed E-state index contributed by atoms with van der Waals surface area (Å²) in [5.74, 6) is -0.460. The molecule has 0 unspecified atom stereocenters. The first-order valence-electron chi connectivity index (χ1n) is 4.30. The van der Waals surface area contributed by atoms with E-state index in [9.17, 15) is 4.39 Å². The third-order valence-corrected chi connectivity index (χ3v) is 2.57. The number of benzene rings is 2. The molecule has 3 heteroatoms. The Kier molecular flexibility index (Phi) is 2.94. The van der Waals surface area contributed by atoms with Crippen molar-refractivity contribution in [2.24, 2.45) is 0 Å². The number of rotatable bonds is 1. The van der Waals surface area contributed by atoms with E-state index in [1.807, 2.05) is 12.1 Å². The normalized spacial score (nSPS) is 10.3. The van der Waals surface area contributed by atoms with Gasteiger partial charge in [-0.05, 0) is 29.8 Å². The predicted molar refractivity (Wildman–Crippen MR) is 60.7 cm³/mol. The van der Waals surface area contributed by atoms with Crippen molar-refractivity contribution in [3.8, 4) is 11.1 Å². The zero-order valence-electron chi connectivity index (χ0n) is 7.60. The van der Waals surface area contributed by atoms with Gasteiger partial charge in [-0.1, -0.05) is 35.3 Å². The summed E-state index contributed by atoms with van der Waals surface area (Å²) in [7, 11) is 0. The first kappa shape index (κ1) is 10.5. The second kappa shape index (κ2) is 4.21. The van der Waals surface area contributed by atoms with E-state index in [1.165, 1.54) is 6.07 Å². The molecule has 2 aromatic carbocycles. The Morgan fingerprint density at radius 3 is 2.20 bits per heavy atom. The van der Waals surface area contributed by atoms with Crippen LogP contribution in [0.15, 0.2) is 36.4 Å².